The summed E-state index contributed by atoms with van der Waals surface area (Å²) in [4.78, 5) is 12.2. The van der Waals surface area contributed by atoms with E-state index >= 15 is 0 Å². The summed E-state index contributed by atoms with van der Waals surface area (Å²) < 4.78 is 5.41. The van der Waals surface area contributed by atoms with Crippen molar-refractivity contribution in [3.05, 3.63) is 53.1 Å². The maximum Gasteiger partial charge on any atom is 0.259 e. The van der Waals surface area contributed by atoms with Gasteiger partial charge in [0.15, 0.2) is 0 Å². The second kappa shape index (κ2) is 6.30. The summed E-state index contributed by atoms with van der Waals surface area (Å²) in [6.07, 6.45) is 0. The summed E-state index contributed by atoms with van der Waals surface area (Å²) in [6, 6.07) is 11.3. The van der Waals surface area contributed by atoms with E-state index in [1.807, 2.05) is 6.92 Å². The molecule has 0 spiro atoms. The fraction of sp³-hybridized carbons (Fsp3) is 0.133. The number of rotatable bonds is 4. The number of hydrogen-bond acceptors (Lipinski definition) is 3. The monoisotopic (exact) mass is 291 g/mol. The third-order valence-electron chi connectivity index (χ3n) is 2.63. The third kappa shape index (κ3) is 3.22. The average Bonchev–Trinajstić information content (AvgIpc) is 2.43. The Labute approximate surface area is 122 Å². The first kappa shape index (κ1) is 14.2. The zero-order valence-corrected chi connectivity index (χ0v) is 11.6. The van der Waals surface area contributed by atoms with Crippen molar-refractivity contribution < 1.29 is 14.6 Å². The number of phenolic OH excluding ortho intramolecular Hbond substituents is 1. The van der Waals surface area contributed by atoms with Crippen LogP contribution in [0.25, 0.3) is 0 Å². The Kier molecular flexibility index (Phi) is 4.48. The van der Waals surface area contributed by atoms with Gasteiger partial charge in [0, 0.05) is 6.07 Å². The summed E-state index contributed by atoms with van der Waals surface area (Å²) in [5, 5.41) is 12.2. The van der Waals surface area contributed by atoms with Crippen LogP contribution in [0.1, 0.15) is 17.3 Å². The lowest BCUT2D eigenvalue weighted by atomic mass is 10.2. The van der Waals surface area contributed by atoms with Crippen LogP contribution in [0, 0.1) is 0 Å². The number of amides is 1. The van der Waals surface area contributed by atoms with E-state index in [0.29, 0.717) is 23.6 Å². The molecule has 0 unspecified atom stereocenters. The average molecular weight is 292 g/mol. The molecule has 0 aliphatic carbocycles. The fourth-order valence-electron chi connectivity index (χ4n) is 1.73. The van der Waals surface area contributed by atoms with Crippen molar-refractivity contribution in [1.82, 2.24) is 0 Å². The third-order valence-corrected chi connectivity index (χ3v) is 2.95. The zero-order valence-electron chi connectivity index (χ0n) is 10.9. The number of aromatic hydroxyl groups is 1. The highest BCUT2D eigenvalue weighted by molar-refractivity contribution is 6.34. The highest BCUT2D eigenvalue weighted by atomic mass is 35.5. The second-order valence-corrected chi connectivity index (χ2v) is 4.45. The van der Waals surface area contributed by atoms with Gasteiger partial charge in [-0.1, -0.05) is 23.7 Å². The Morgan fingerprint density at radius 2 is 2.05 bits per heavy atom. The molecule has 2 aromatic rings. The van der Waals surface area contributed by atoms with Crippen LogP contribution in [0.3, 0.4) is 0 Å². The Morgan fingerprint density at radius 3 is 2.75 bits per heavy atom. The molecule has 104 valence electrons. The summed E-state index contributed by atoms with van der Waals surface area (Å²) in [5.41, 5.74) is 0.860. The first-order valence-electron chi connectivity index (χ1n) is 6.13. The van der Waals surface area contributed by atoms with Crippen LogP contribution in [-0.2, 0) is 0 Å². The number of halogens is 1. The predicted octanol–water partition coefficient (Wildman–Crippen LogP) is 3.70. The second-order valence-electron chi connectivity index (χ2n) is 4.05. The Morgan fingerprint density at radius 1 is 1.30 bits per heavy atom. The van der Waals surface area contributed by atoms with Gasteiger partial charge in [0.2, 0.25) is 0 Å². The molecule has 2 N–H and O–H groups in total. The van der Waals surface area contributed by atoms with Gasteiger partial charge >= 0.3 is 0 Å². The van der Waals surface area contributed by atoms with Gasteiger partial charge in [0.1, 0.15) is 11.5 Å². The molecule has 0 saturated heterocycles. The molecule has 1 amide bonds. The minimum absolute atomic E-state index is 0.0442. The van der Waals surface area contributed by atoms with Crippen molar-refractivity contribution in [1.29, 1.82) is 0 Å². The van der Waals surface area contributed by atoms with Crippen LogP contribution in [-0.4, -0.2) is 17.6 Å². The molecule has 0 bridgehead atoms. The largest absolute Gasteiger partial charge is 0.508 e. The standard InChI is InChI=1S/C15H14ClNO3/c1-2-20-14-6-4-3-5-11(14)15(19)17-13-8-7-10(18)9-12(13)16/h3-9,18H,2H2,1H3,(H,17,19). The SMILES string of the molecule is CCOc1ccccc1C(=O)Nc1ccc(O)cc1Cl. The van der Waals surface area contributed by atoms with E-state index in [-0.39, 0.29) is 16.7 Å². The lowest BCUT2D eigenvalue weighted by Crippen LogP contribution is -2.13. The normalized spacial score (nSPS) is 10.1. The minimum Gasteiger partial charge on any atom is -0.508 e. The number of ether oxygens (including phenoxy) is 1. The van der Waals surface area contributed by atoms with E-state index in [2.05, 4.69) is 5.32 Å². The molecule has 0 heterocycles. The van der Waals surface area contributed by atoms with Gasteiger partial charge in [-0.15, -0.1) is 0 Å². The van der Waals surface area contributed by atoms with Crippen LogP contribution < -0.4 is 10.1 Å². The summed E-state index contributed by atoms with van der Waals surface area (Å²) in [6.45, 7) is 2.33. The van der Waals surface area contributed by atoms with Crippen LogP contribution in [0.15, 0.2) is 42.5 Å². The van der Waals surface area contributed by atoms with Crippen molar-refractivity contribution in [2.24, 2.45) is 0 Å². The van der Waals surface area contributed by atoms with Crippen LogP contribution >= 0.6 is 11.6 Å². The van der Waals surface area contributed by atoms with Gasteiger partial charge in [-0.05, 0) is 31.2 Å². The van der Waals surface area contributed by atoms with E-state index < -0.39 is 0 Å². The van der Waals surface area contributed by atoms with E-state index in [1.165, 1.54) is 12.1 Å². The number of anilines is 1. The summed E-state index contributed by atoms with van der Waals surface area (Å²) in [5.74, 6) is 0.242. The van der Waals surface area contributed by atoms with E-state index in [9.17, 15) is 9.90 Å². The summed E-state index contributed by atoms with van der Waals surface area (Å²) >= 11 is 5.96. The fourth-order valence-corrected chi connectivity index (χ4v) is 1.95. The van der Waals surface area contributed by atoms with E-state index in [4.69, 9.17) is 16.3 Å². The Bertz CT molecular complexity index is 628. The van der Waals surface area contributed by atoms with E-state index in [1.54, 1.807) is 30.3 Å². The van der Waals surface area contributed by atoms with Crippen molar-refractivity contribution in [2.45, 2.75) is 6.92 Å². The number of carbonyl (C=O) groups excluding carboxylic acids is 1. The molecule has 0 radical (unpaired) electrons. The van der Waals surface area contributed by atoms with Crippen molar-refractivity contribution in [3.63, 3.8) is 0 Å². The molecule has 20 heavy (non-hydrogen) atoms. The topological polar surface area (TPSA) is 58.6 Å². The Balaban J connectivity index is 2.24. The highest BCUT2D eigenvalue weighted by Crippen LogP contribution is 2.27. The summed E-state index contributed by atoms with van der Waals surface area (Å²) in [7, 11) is 0. The molecule has 0 aliphatic heterocycles. The molecule has 0 saturated carbocycles. The van der Waals surface area contributed by atoms with Crippen molar-refractivity contribution >= 4 is 23.2 Å². The predicted molar refractivity (Wildman–Crippen MR) is 78.7 cm³/mol. The molecule has 0 aromatic heterocycles. The van der Waals surface area contributed by atoms with Gasteiger partial charge in [0.25, 0.3) is 5.91 Å². The number of phenols is 1. The zero-order chi connectivity index (χ0) is 14.5. The minimum atomic E-state index is -0.318. The number of hydrogen-bond donors (Lipinski definition) is 2. The van der Waals surface area contributed by atoms with Crippen molar-refractivity contribution in [2.75, 3.05) is 11.9 Å². The molecule has 5 heteroatoms. The van der Waals surface area contributed by atoms with Gasteiger partial charge in [-0.25, -0.2) is 0 Å². The van der Waals surface area contributed by atoms with Crippen molar-refractivity contribution in [3.8, 4) is 11.5 Å². The van der Waals surface area contributed by atoms with Gasteiger partial charge < -0.3 is 15.2 Å². The van der Waals surface area contributed by atoms with E-state index in [0.717, 1.165) is 0 Å². The van der Waals surface area contributed by atoms with Gasteiger partial charge in [0.05, 0.1) is 22.9 Å². The van der Waals surface area contributed by atoms with Crippen LogP contribution in [0.5, 0.6) is 11.5 Å². The first-order chi connectivity index (χ1) is 9.61. The van der Waals surface area contributed by atoms with Crippen LogP contribution in [0.4, 0.5) is 5.69 Å². The molecule has 4 nitrogen and oxygen atoms in total. The maximum absolute atomic E-state index is 12.2. The first-order valence-corrected chi connectivity index (χ1v) is 6.51. The number of nitrogens with one attached hydrogen (secondary N) is 1. The molecule has 0 fully saturated rings. The smallest absolute Gasteiger partial charge is 0.259 e. The number of carbonyl (C=O) groups is 1. The number of para-hydroxylation sites is 1. The lowest BCUT2D eigenvalue weighted by Gasteiger charge is -2.11. The molecule has 0 atom stereocenters. The molecule has 2 rings (SSSR count). The van der Waals surface area contributed by atoms with Gasteiger partial charge in [-0.3, -0.25) is 4.79 Å². The number of benzene rings is 2. The van der Waals surface area contributed by atoms with Crippen LogP contribution in [0.2, 0.25) is 5.02 Å². The maximum atomic E-state index is 12.2. The van der Waals surface area contributed by atoms with Gasteiger partial charge in [-0.2, -0.15) is 0 Å². The molecular weight excluding hydrogens is 278 g/mol. The lowest BCUT2D eigenvalue weighted by molar-refractivity contribution is 0.102. The Hall–Kier alpha value is -2.20. The quantitative estimate of drug-likeness (QED) is 0.845. The molecule has 0 aliphatic rings. The molecule has 2 aromatic carbocycles. The highest BCUT2D eigenvalue weighted by Gasteiger charge is 2.13. The molecular formula is C15H14ClNO3.